The van der Waals surface area contributed by atoms with Gasteiger partial charge in [-0.15, -0.1) is 12.4 Å². The summed E-state index contributed by atoms with van der Waals surface area (Å²) in [7, 11) is 0. The van der Waals surface area contributed by atoms with Gasteiger partial charge in [0.1, 0.15) is 0 Å². The van der Waals surface area contributed by atoms with E-state index in [1.807, 2.05) is 12.1 Å². The van der Waals surface area contributed by atoms with Gasteiger partial charge in [0, 0.05) is 30.5 Å². The van der Waals surface area contributed by atoms with E-state index < -0.39 is 0 Å². The zero-order valence-electron chi connectivity index (χ0n) is 16.2. The first kappa shape index (κ1) is 21.4. The van der Waals surface area contributed by atoms with Crippen LogP contribution >= 0.6 is 12.4 Å². The number of benzene rings is 1. The van der Waals surface area contributed by atoms with E-state index in [9.17, 15) is 4.79 Å². The molecule has 1 saturated heterocycles. The average Bonchev–Trinajstić information content (AvgIpc) is 3.09. The van der Waals surface area contributed by atoms with Gasteiger partial charge in [-0.25, -0.2) is 0 Å². The van der Waals surface area contributed by atoms with Crippen molar-refractivity contribution in [3.8, 4) is 11.4 Å². The lowest BCUT2D eigenvalue weighted by atomic mass is 10.0. The Balaban J connectivity index is 0.00000261. The van der Waals surface area contributed by atoms with Crippen molar-refractivity contribution in [1.29, 1.82) is 0 Å². The molecule has 1 aliphatic rings. The van der Waals surface area contributed by atoms with Gasteiger partial charge in [0.05, 0.1) is 0 Å². The highest BCUT2D eigenvalue weighted by Gasteiger charge is 2.20. The summed E-state index contributed by atoms with van der Waals surface area (Å²) in [6.45, 7) is 7.43. The fraction of sp³-hybridized carbons (Fsp3) is 0.550. The Kier molecular flexibility index (Phi) is 7.80. The summed E-state index contributed by atoms with van der Waals surface area (Å²) in [6, 6.07) is 8.91. The zero-order chi connectivity index (χ0) is 18.5. The Labute approximate surface area is 166 Å². The molecule has 1 fully saturated rings. The predicted octanol–water partition coefficient (Wildman–Crippen LogP) is 3.47. The number of hydrogen-bond donors (Lipinski definition) is 2. The molecule has 3 rings (SSSR count). The van der Waals surface area contributed by atoms with Crippen LogP contribution in [-0.4, -0.2) is 34.7 Å². The first-order valence-corrected chi connectivity index (χ1v) is 9.47. The Bertz CT molecular complexity index is 730. The van der Waals surface area contributed by atoms with Crippen molar-refractivity contribution in [2.24, 2.45) is 0 Å². The summed E-state index contributed by atoms with van der Waals surface area (Å²) in [5.74, 6) is 1.61. The van der Waals surface area contributed by atoms with Gasteiger partial charge in [-0.3, -0.25) is 4.79 Å². The number of piperidine rings is 1. The number of halogens is 1. The van der Waals surface area contributed by atoms with E-state index in [0.29, 0.717) is 36.5 Å². The van der Waals surface area contributed by atoms with Crippen molar-refractivity contribution < 1.29 is 9.32 Å². The van der Waals surface area contributed by atoms with E-state index in [0.717, 1.165) is 24.9 Å². The molecule has 1 amide bonds. The van der Waals surface area contributed by atoms with E-state index in [2.05, 4.69) is 53.7 Å². The molecule has 1 aromatic carbocycles. The van der Waals surface area contributed by atoms with E-state index in [-0.39, 0.29) is 24.4 Å². The number of nitrogens with one attached hydrogen (secondary N) is 2. The third kappa shape index (κ3) is 6.04. The third-order valence-electron chi connectivity index (χ3n) is 4.86. The molecule has 0 spiro atoms. The minimum Gasteiger partial charge on any atom is -0.353 e. The van der Waals surface area contributed by atoms with Gasteiger partial charge in [0.2, 0.25) is 17.6 Å². The van der Waals surface area contributed by atoms with Crippen molar-refractivity contribution in [2.45, 2.75) is 64.5 Å². The van der Waals surface area contributed by atoms with Gasteiger partial charge in [0.25, 0.3) is 0 Å². The number of aromatic nitrogens is 2. The normalized spacial score (nSPS) is 19.6. The maximum absolute atomic E-state index is 12.1. The molecular formula is C20H29ClN4O2. The number of hydrogen-bond acceptors (Lipinski definition) is 5. The van der Waals surface area contributed by atoms with Crippen molar-refractivity contribution in [3.05, 3.63) is 35.7 Å². The van der Waals surface area contributed by atoms with Crippen LogP contribution in [0.5, 0.6) is 0 Å². The summed E-state index contributed by atoms with van der Waals surface area (Å²) >= 11 is 0. The van der Waals surface area contributed by atoms with Crippen LogP contribution in [0.25, 0.3) is 11.4 Å². The topological polar surface area (TPSA) is 80.1 Å². The van der Waals surface area contributed by atoms with Crippen LogP contribution in [0.1, 0.15) is 57.4 Å². The summed E-state index contributed by atoms with van der Waals surface area (Å²) < 4.78 is 5.30. The summed E-state index contributed by atoms with van der Waals surface area (Å²) in [4.78, 5) is 16.6. The minimum atomic E-state index is 0. The van der Waals surface area contributed by atoms with Crippen LogP contribution in [0.3, 0.4) is 0 Å². The van der Waals surface area contributed by atoms with E-state index in [1.165, 1.54) is 5.56 Å². The number of rotatable bonds is 6. The fourth-order valence-corrected chi connectivity index (χ4v) is 3.27. The SMILES string of the molecule is CC1CC(NC(=O)CCc2nc(-c3ccc(C(C)C)cc3)no2)CCN1.Cl. The van der Waals surface area contributed by atoms with Crippen LogP contribution in [0.4, 0.5) is 0 Å². The molecule has 0 saturated carbocycles. The van der Waals surface area contributed by atoms with Gasteiger partial charge in [-0.05, 0) is 37.8 Å². The van der Waals surface area contributed by atoms with E-state index >= 15 is 0 Å². The smallest absolute Gasteiger partial charge is 0.227 e. The van der Waals surface area contributed by atoms with E-state index in [4.69, 9.17) is 4.52 Å². The second kappa shape index (κ2) is 9.85. The first-order valence-electron chi connectivity index (χ1n) is 9.47. The highest BCUT2D eigenvalue weighted by atomic mass is 35.5. The van der Waals surface area contributed by atoms with Crippen molar-refractivity contribution in [1.82, 2.24) is 20.8 Å². The molecule has 1 aromatic heterocycles. The predicted molar refractivity (Wildman–Crippen MR) is 108 cm³/mol. The quantitative estimate of drug-likeness (QED) is 0.786. The van der Waals surface area contributed by atoms with Crippen LogP contribution in [-0.2, 0) is 11.2 Å². The lowest BCUT2D eigenvalue weighted by molar-refractivity contribution is -0.122. The number of nitrogens with zero attached hydrogens (tertiary/aromatic N) is 2. The number of aryl methyl sites for hydroxylation is 1. The highest BCUT2D eigenvalue weighted by Crippen LogP contribution is 2.20. The molecule has 2 aromatic rings. The van der Waals surface area contributed by atoms with Crippen LogP contribution < -0.4 is 10.6 Å². The molecule has 0 radical (unpaired) electrons. The number of amides is 1. The second-order valence-electron chi connectivity index (χ2n) is 7.43. The standard InChI is InChI=1S/C20H28N4O2.ClH/c1-13(2)15-4-6-16(7-5-15)20-23-19(26-24-20)9-8-18(25)22-17-10-11-21-14(3)12-17;/h4-7,13-14,17,21H,8-12H2,1-3H3,(H,22,25);1H. The maximum Gasteiger partial charge on any atom is 0.227 e. The van der Waals surface area contributed by atoms with Crippen molar-refractivity contribution >= 4 is 18.3 Å². The van der Waals surface area contributed by atoms with Crippen molar-refractivity contribution in [3.63, 3.8) is 0 Å². The van der Waals surface area contributed by atoms with Crippen LogP contribution in [0, 0.1) is 0 Å². The summed E-state index contributed by atoms with van der Waals surface area (Å²) in [5.41, 5.74) is 2.21. The Morgan fingerprint density at radius 1 is 1.33 bits per heavy atom. The molecule has 148 valence electrons. The minimum absolute atomic E-state index is 0. The number of carbonyl (C=O) groups is 1. The Hall–Kier alpha value is -1.92. The highest BCUT2D eigenvalue weighted by molar-refractivity contribution is 5.85. The third-order valence-corrected chi connectivity index (χ3v) is 4.86. The lowest BCUT2D eigenvalue weighted by Crippen LogP contribution is -2.46. The molecule has 2 heterocycles. The first-order chi connectivity index (χ1) is 12.5. The molecule has 2 N–H and O–H groups in total. The lowest BCUT2D eigenvalue weighted by Gasteiger charge is -2.28. The van der Waals surface area contributed by atoms with Gasteiger partial charge in [-0.1, -0.05) is 43.3 Å². The summed E-state index contributed by atoms with van der Waals surface area (Å²) in [6.07, 6.45) is 2.78. The molecular weight excluding hydrogens is 364 g/mol. The molecule has 27 heavy (non-hydrogen) atoms. The zero-order valence-corrected chi connectivity index (χ0v) is 17.0. The van der Waals surface area contributed by atoms with Crippen LogP contribution in [0.15, 0.2) is 28.8 Å². The fourth-order valence-electron chi connectivity index (χ4n) is 3.27. The number of carbonyl (C=O) groups excluding carboxylic acids is 1. The van der Waals surface area contributed by atoms with Crippen molar-refractivity contribution in [2.75, 3.05) is 6.54 Å². The molecule has 0 bridgehead atoms. The molecule has 2 atom stereocenters. The molecule has 6 nitrogen and oxygen atoms in total. The van der Waals surface area contributed by atoms with Gasteiger partial charge >= 0.3 is 0 Å². The summed E-state index contributed by atoms with van der Waals surface area (Å²) in [5, 5.41) is 10.5. The van der Waals surface area contributed by atoms with E-state index in [1.54, 1.807) is 0 Å². The molecule has 1 aliphatic heterocycles. The Morgan fingerprint density at radius 3 is 2.74 bits per heavy atom. The van der Waals surface area contributed by atoms with Gasteiger partial charge < -0.3 is 15.2 Å². The molecule has 2 unspecified atom stereocenters. The maximum atomic E-state index is 12.1. The Morgan fingerprint density at radius 2 is 2.07 bits per heavy atom. The van der Waals surface area contributed by atoms with Crippen LogP contribution in [0.2, 0.25) is 0 Å². The van der Waals surface area contributed by atoms with Gasteiger partial charge in [0.15, 0.2) is 0 Å². The molecule has 7 heteroatoms. The monoisotopic (exact) mass is 392 g/mol. The average molecular weight is 393 g/mol. The molecule has 0 aliphatic carbocycles. The van der Waals surface area contributed by atoms with Gasteiger partial charge in [-0.2, -0.15) is 4.98 Å². The largest absolute Gasteiger partial charge is 0.353 e. The second-order valence-corrected chi connectivity index (χ2v) is 7.43.